The van der Waals surface area contributed by atoms with Gasteiger partial charge in [0.1, 0.15) is 5.82 Å². The molecule has 0 amide bonds. The monoisotopic (exact) mass is 448 g/mol. The zero-order chi connectivity index (χ0) is 22.7. The minimum Gasteiger partial charge on any atom is -0.460 e. The third kappa shape index (κ3) is 4.60. The molecule has 0 fully saturated rings. The van der Waals surface area contributed by atoms with Crippen LogP contribution in [0.4, 0.5) is 5.82 Å². The number of benzene rings is 1. The number of carbonyl (C=O) groups is 1. The Labute approximate surface area is 190 Å². The molecule has 0 saturated heterocycles. The normalized spacial score (nSPS) is 15.3. The Morgan fingerprint density at radius 2 is 1.91 bits per heavy atom. The first kappa shape index (κ1) is 21.8. The minimum absolute atomic E-state index is 0.290. The average Bonchev–Trinajstić information content (AvgIpc) is 2.77. The van der Waals surface area contributed by atoms with Crippen LogP contribution in [0.5, 0.6) is 0 Å². The Bertz CT molecular complexity index is 1210. The highest BCUT2D eigenvalue weighted by Crippen LogP contribution is 2.39. The third-order valence-electron chi connectivity index (χ3n) is 4.99. The molecule has 0 saturated carbocycles. The maximum atomic E-state index is 13.2. The van der Waals surface area contributed by atoms with E-state index in [4.69, 9.17) is 4.74 Å². The number of carbonyl (C=O) groups excluding carboxylic acids is 1. The molecule has 1 atom stereocenters. The highest BCUT2D eigenvalue weighted by molar-refractivity contribution is 7.98. The summed E-state index contributed by atoms with van der Waals surface area (Å²) in [6.45, 7) is 5.37. The van der Waals surface area contributed by atoms with E-state index in [1.807, 2.05) is 36.4 Å². The summed E-state index contributed by atoms with van der Waals surface area (Å²) in [5, 5.41) is 3.66. The van der Waals surface area contributed by atoms with Gasteiger partial charge in [-0.05, 0) is 38.5 Å². The van der Waals surface area contributed by atoms with E-state index in [1.165, 1.54) is 11.8 Å². The Morgan fingerprint density at radius 3 is 2.59 bits per heavy atom. The Morgan fingerprint density at radius 1 is 1.16 bits per heavy atom. The second-order valence-electron chi connectivity index (χ2n) is 7.71. The lowest BCUT2D eigenvalue weighted by Gasteiger charge is -2.28. The van der Waals surface area contributed by atoms with Gasteiger partial charge in [-0.1, -0.05) is 48.2 Å². The van der Waals surface area contributed by atoms with Crippen molar-refractivity contribution in [1.82, 2.24) is 15.0 Å². The van der Waals surface area contributed by atoms with Gasteiger partial charge in [0.15, 0.2) is 5.16 Å². The van der Waals surface area contributed by atoms with Crippen LogP contribution in [0.25, 0.3) is 0 Å². The van der Waals surface area contributed by atoms with Crippen LogP contribution in [0.15, 0.2) is 75.9 Å². The standard InChI is InChI=1S/C24H24N4O3S/c1-14(2)31-23(30)18-15(3)26-21-20(19(18)17-11-7-8-12-25-17)22(29)28-24(27-21)32-13-16-9-5-4-6-10-16/h4-12,14,19H,13H2,1-3H3,(H2,26,27,28,29). The summed E-state index contributed by atoms with van der Waals surface area (Å²) in [7, 11) is 0. The molecular weight excluding hydrogens is 424 g/mol. The molecule has 4 rings (SSSR count). The second-order valence-corrected chi connectivity index (χ2v) is 8.68. The van der Waals surface area contributed by atoms with Crippen LogP contribution in [-0.4, -0.2) is 27.0 Å². The number of allylic oxidation sites excluding steroid dienone is 1. The fraction of sp³-hybridized carbons (Fsp3) is 0.250. The number of ether oxygens (including phenoxy) is 1. The van der Waals surface area contributed by atoms with Gasteiger partial charge < -0.3 is 15.0 Å². The van der Waals surface area contributed by atoms with Crippen LogP contribution in [0.2, 0.25) is 0 Å². The summed E-state index contributed by atoms with van der Waals surface area (Å²) in [6, 6.07) is 15.4. The van der Waals surface area contributed by atoms with Gasteiger partial charge in [0, 0.05) is 17.6 Å². The van der Waals surface area contributed by atoms with Crippen LogP contribution >= 0.6 is 11.8 Å². The number of H-pyrrole nitrogens is 1. The molecule has 32 heavy (non-hydrogen) atoms. The summed E-state index contributed by atoms with van der Waals surface area (Å²) in [4.78, 5) is 38.1. The fourth-order valence-corrected chi connectivity index (χ4v) is 4.43. The Balaban J connectivity index is 1.75. The maximum Gasteiger partial charge on any atom is 0.337 e. The van der Waals surface area contributed by atoms with Gasteiger partial charge >= 0.3 is 5.97 Å². The lowest BCUT2D eigenvalue weighted by atomic mass is 9.85. The highest BCUT2D eigenvalue weighted by Gasteiger charge is 2.37. The highest BCUT2D eigenvalue weighted by atomic mass is 32.2. The summed E-state index contributed by atoms with van der Waals surface area (Å²) in [5.41, 5.74) is 2.72. The van der Waals surface area contributed by atoms with Crippen molar-refractivity contribution in [2.45, 2.75) is 43.7 Å². The number of rotatable bonds is 6. The molecule has 1 aliphatic rings. The average molecular weight is 449 g/mol. The molecule has 0 radical (unpaired) electrons. The molecule has 2 N–H and O–H groups in total. The third-order valence-corrected chi connectivity index (χ3v) is 5.93. The van der Waals surface area contributed by atoms with Crippen LogP contribution in [-0.2, 0) is 15.3 Å². The summed E-state index contributed by atoms with van der Waals surface area (Å²) in [5.74, 6) is -0.0533. The molecule has 3 aromatic rings. The molecule has 2 aromatic heterocycles. The second kappa shape index (κ2) is 9.40. The first-order valence-corrected chi connectivity index (χ1v) is 11.3. The van der Waals surface area contributed by atoms with Crippen LogP contribution < -0.4 is 10.9 Å². The van der Waals surface area contributed by atoms with E-state index < -0.39 is 11.9 Å². The largest absolute Gasteiger partial charge is 0.460 e. The molecular formula is C24H24N4O3S. The Hall–Kier alpha value is -3.39. The van der Waals surface area contributed by atoms with E-state index in [-0.39, 0.29) is 11.7 Å². The smallest absolute Gasteiger partial charge is 0.337 e. The van der Waals surface area contributed by atoms with E-state index in [1.54, 1.807) is 39.1 Å². The molecule has 3 heterocycles. The van der Waals surface area contributed by atoms with Gasteiger partial charge in [-0.2, -0.15) is 0 Å². The number of nitrogens with zero attached hydrogens (tertiary/aromatic N) is 2. The predicted molar refractivity (Wildman–Crippen MR) is 124 cm³/mol. The topological polar surface area (TPSA) is 97.0 Å². The van der Waals surface area contributed by atoms with E-state index in [2.05, 4.69) is 20.3 Å². The molecule has 7 nitrogen and oxygen atoms in total. The number of hydrogen-bond donors (Lipinski definition) is 2. The quantitative estimate of drug-likeness (QED) is 0.331. The van der Waals surface area contributed by atoms with Crippen LogP contribution in [0.3, 0.4) is 0 Å². The predicted octanol–water partition coefficient (Wildman–Crippen LogP) is 4.24. The van der Waals surface area contributed by atoms with Crippen LogP contribution in [0, 0.1) is 0 Å². The molecule has 0 bridgehead atoms. The van der Waals surface area contributed by atoms with Crippen molar-refractivity contribution < 1.29 is 9.53 Å². The number of anilines is 1. The number of fused-ring (bicyclic) bond motifs is 1. The zero-order valence-corrected chi connectivity index (χ0v) is 18.9. The van der Waals surface area contributed by atoms with Gasteiger partial charge in [-0.3, -0.25) is 9.78 Å². The fourth-order valence-electron chi connectivity index (χ4n) is 3.62. The van der Waals surface area contributed by atoms with E-state index in [0.717, 1.165) is 5.56 Å². The van der Waals surface area contributed by atoms with Gasteiger partial charge in [0.2, 0.25) is 0 Å². The molecule has 164 valence electrons. The molecule has 8 heteroatoms. The number of nitrogens with one attached hydrogen (secondary N) is 2. The zero-order valence-electron chi connectivity index (χ0n) is 18.1. The van der Waals surface area contributed by atoms with Crippen molar-refractivity contribution in [2.75, 3.05) is 5.32 Å². The molecule has 0 spiro atoms. The van der Waals surface area contributed by atoms with Crippen LogP contribution in [0.1, 0.15) is 43.5 Å². The lowest BCUT2D eigenvalue weighted by Crippen LogP contribution is -2.32. The number of aromatic amines is 1. The van der Waals surface area contributed by atoms with Gasteiger partial charge in [-0.25, -0.2) is 9.78 Å². The number of aromatic nitrogens is 3. The van der Waals surface area contributed by atoms with Crippen molar-refractivity contribution in [3.8, 4) is 0 Å². The lowest BCUT2D eigenvalue weighted by molar-refractivity contribution is -0.143. The van der Waals surface area contributed by atoms with Crippen molar-refractivity contribution in [3.63, 3.8) is 0 Å². The summed E-state index contributed by atoms with van der Waals surface area (Å²) >= 11 is 1.44. The van der Waals surface area contributed by atoms with E-state index in [9.17, 15) is 9.59 Å². The number of pyridine rings is 1. The number of thioether (sulfide) groups is 1. The molecule has 1 aliphatic heterocycles. The number of esters is 1. The first-order chi connectivity index (χ1) is 15.4. The van der Waals surface area contributed by atoms with Crippen molar-refractivity contribution in [3.05, 3.63) is 93.2 Å². The Kier molecular flexibility index (Phi) is 6.41. The molecule has 1 unspecified atom stereocenters. The van der Waals surface area contributed by atoms with E-state index in [0.29, 0.717) is 39.3 Å². The minimum atomic E-state index is -0.678. The maximum absolute atomic E-state index is 13.2. The van der Waals surface area contributed by atoms with Crippen molar-refractivity contribution >= 4 is 23.5 Å². The number of hydrogen-bond acceptors (Lipinski definition) is 7. The first-order valence-electron chi connectivity index (χ1n) is 10.3. The molecule has 0 aliphatic carbocycles. The summed E-state index contributed by atoms with van der Waals surface area (Å²) < 4.78 is 5.48. The molecule has 1 aromatic carbocycles. The van der Waals surface area contributed by atoms with Crippen molar-refractivity contribution in [1.29, 1.82) is 0 Å². The SMILES string of the molecule is CC1=C(C(=O)OC(C)C)C(c2ccccn2)c2c(nc(SCc3ccccc3)[nH]c2=O)N1. The summed E-state index contributed by atoms with van der Waals surface area (Å²) in [6.07, 6.45) is 1.35. The van der Waals surface area contributed by atoms with E-state index >= 15 is 0 Å². The van der Waals surface area contributed by atoms with Gasteiger partial charge in [0.25, 0.3) is 5.56 Å². The van der Waals surface area contributed by atoms with Gasteiger partial charge in [-0.15, -0.1) is 0 Å². The van der Waals surface area contributed by atoms with Gasteiger partial charge in [0.05, 0.1) is 28.9 Å². The van der Waals surface area contributed by atoms with Crippen molar-refractivity contribution in [2.24, 2.45) is 0 Å².